The van der Waals surface area contributed by atoms with Crippen molar-refractivity contribution in [2.45, 2.75) is 25.9 Å². The SMILES string of the molecule is COc1cc(C)c(NS(=O)(=O)CCCC(F)(F)F)cc1F. The minimum absolute atomic E-state index is 0.0275. The van der Waals surface area contributed by atoms with Crippen LogP contribution in [0.3, 0.4) is 0 Å². The Kier molecular flexibility index (Phi) is 5.43. The second kappa shape index (κ2) is 6.50. The lowest BCUT2D eigenvalue weighted by Gasteiger charge is -2.13. The molecule has 0 aliphatic rings. The van der Waals surface area contributed by atoms with E-state index in [1.54, 1.807) is 0 Å². The second-order valence-electron chi connectivity index (χ2n) is 4.44. The summed E-state index contributed by atoms with van der Waals surface area (Å²) in [7, 11) is -2.71. The van der Waals surface area contributed by atoms with Gasteiger partial charge in [0.25, 0.3) is 0 Å². The molecule has 4 nitrogen and oxygen atoms in total. The maximum atomic E-state index is 13.5. The first-order chi connectivity index (χ1) is 9.54. The molecule has 1 N–H and O–H groups in total. The van der Waals surface area contributed by atoms with Crippen molar-refractivity contribution in [2.75, 3.05) is 17.6 Å². The van der Waals surface area contributed by atoms with Crippen LogP contribution in [0.4, 0.5) is 23.2 Å². The van der Waals surface area contributed by atoms with Gasteiger partial charge in [-0.2, -0.15) is 13.2 Å². The van der Waals surface area contributed by atoms with E-state index in [4.69, 9.17) is 4.74 Å². The normalized spacial score (nSPS) is 12.3. The molecule has 9 heteroatoms. The van der Waals surface area contributed by atoms with Gasteiger partial charge in [-0.05, 0) is 25.0 Å². The van der Waals surface area contributed by atoms with Crippen LogP contribution >= 0.6 is 0 Å². The summed E-state index contributed by atoms with van der Waals surface area (Å²) in [5.74, 6) is -1.51. The molecule has 0 heterocycles. The van der Waals surface area contributed by atoms with Crippen molar-refractivity contribution in [3.63, 3.8) is 0 Å². The molecule has 0 aliphatic carbocycles. The van der Waals surface area contributed by atoms with Gasteiger partial charge >= 0.3 is 6.18 Å². The maximum absolute atomic E-state index is 13.5. The molecular weight excluding hydrogens is 314 g/mol. The number of rotatable bonds is 6. The smallest absolute Gasteiger partial charge is 0.389 e. The fourth-order valence-electron chi connectivity index (χ4n) is 1.60. The van der Waals surface area contributed by atoms with E-state index in [2.05, 4.69) is 4.72 Å². The Morgan fingerprint density at radius 2 is 1.90 bits per heavy atom. The number of alkyl halides is 3. The Bertz CT molecular complexity index is 599. The van der Waals surface area contributed by atoms with Crippen LogP contribution in [0.25, 0.3) is 0 Å². The van der Waals surface area contributed by atoms with E-state index in [1.807, 2.05) is 0 Å². The fraction of sp³-hybridized carbons (Fsp3) is 0.500. The first-order valence-corrected chi connectivity index (χ1v) is 7.60. The van der Waals surface area contributed by atoms with Crippen molar-refractivity contribution in [3.8, 4) is 5.75 Å². The number of hydrogen-bond acceptors (Lipinski definition) is 3. The van der Waals surface area contributed by atoms with Gasteiger partial charge in [0, 0.05) is 12.5 Å². The van der Waals surface area contributed by atoms with Crippen molar-refractivity contribution >= 4 is 15.7 Å². The van der Waals surface area contributed by atoms with E-state index < -0.39 is 40.6 Å². The summed E-state index contributed by atoms with van der Waals surface area (Å²) >= 11 is 0. The van der Waals surface area contributed by atoms with Crippen LogP contribution in [0.5, 0.6) is 5.75 Å². The summed E-state index contributed by atoms with van der Waals surface area (Å²) in [5, 5.41) is 0. The van der Waals surface area contributed by atoms with E-state index in [1.165, 1.54) is 20.1 Å². The number of hydrogen-bond donors (Lipinski definition) is 1. The topological polar surface area (TPSA) is 55.4 Å². The molecule has 0 aromatic heterocycles. The average Bonchev–Trinajstić information content (AvgIpc) is 2.31. The molecule has 0 atom stereocenters. The number of methoxy groups -OCH3 is 1. The van der Waals surface area contributed by atoms with Crippen LogP contribution in [0.2, 0.25) is 0 Å². The summed E-state index contributed by atoms with van der Waals surface area (Å²) in [6.45, 7) is 1.52. The molecule has 1 aromatic carbocycles. The lowest BCUT2D eigenvalue weighted by molar-refractivity contribution is -0.134. The molecule has 0 bridgehead atoms. The molecule has 1 aromatic rings. The summed E-state index contributed by atoms with van der Waals surface area (Å²) < 4.78 is 79.6. The largest absolute Gasteiger partial charge is 0.494 e. The molecular formula is C12H15F4NO3S. The van der Waals surface area contributed by atoms with E-state index in [9.17, 15) is 26.0 Å². The van der Waals surface area contributed by atoms with Gasteiger partial charge in [0.2, 0.25) is 10.0 Å². The zero-order valence-corrected chi connectivity index (χ0v) is 12.2. The van der Waals surface area contributed by atoms with Crippen LogP contribution in [-0.4, -0.2) is 27.5 Å². The quantitative estimate of drug-likeness (QED) is 0.815. The summed E-state index contributed by atoms with van der Waals surface area (Å²) in [5.41, 5.74) is 0.368. The van der Waals surface area contributed by atoms with Crippen molar-refractivity contribution in [1.29, 1.82) is 0 Å². The van der Waals surface area contributed by atoms with E-state index >= 15 is 0 Å². The van der Waals surface area contributed by atoms with Crippen LogP contribution in [-0.2, 0) is 10.0 Å². The molecule has 120 valence electrons. The first kappa shape index (κ1) is 17.5. The van der Waals surface area contributed by atoms with Crippen molar-refractivity contribution < 1.29 is 30.7 Å². The number of aryl methyl sites for hydroxylation is 1. The third-order valence-corrected chi connectivity index (χ3v) is 3.99. The van der Waals surface area contributed by atoms with Crippen molar-refractivity contribution in [2.24, 2.45) is 0 Å². The standard InChI is InChI=1S/C12H15F4NO3S/c1-8-6-11(20-2)9(13)7-10(8)17-21(18,19)5-3-4-12(14,15)16/h6-7,17H,3-5H2,1-2H3. The van der Waals surface area contributed by atoms with Crippen LogP contribution in [0, 0.1) is 12.7 Å². The van der Waals surface area contributed by atoms with E-state index in [0.29, 0.717) is 5.56 Å². The van der Waals surface area contributed by atoms with Gasteiger partial charge in [-0.3, -0.25) is 4.72 Å². The van der Waals surface area contributed by atoms with Gasteiger partial charge in [0.05, 0.1) is 18.6 Å². The monoisotopic (exact) mass is 329 g/mol. The van der Waals surface area contributed by atoms with Crippen LogP contribution in [0.15, 0.2) is 12.1 Å². The third kappa shape index (κ3) is 5.78. The number of benzene rings is 1. The predicted octanol–water partition coefficient (Wildman–Crippen LogP) is 3.23. The lowest BCUT2D eigenvalue weighted by atomic mass is 10.2. The molecule has 0 unspecified atom stereocenters. The molecule has 0 radical (unpaired) electrons. The van der Waals surface area contributed by atoms with Gasteiger partial charge in [0.1, 0.15) is 0 Å². The van der Waals surface area contributed by atoms with Gasteiger partial charge in [-0.1, -0.05) is 0 Å². The van der Waals surface area contributed by atoms with Gasteiger partial charge in [0.15, 0.2) is 11.6 Å². The number of anilines is 1. The average molecular weight is 329 g/mol. The van der Waals surface area contributed by atoms with E-state index in [0.717, 1.165) is 6.07 Å². The molecule has 0 spiro atoms. The minimum Gasteiger partial charge on any atom is -0.494 e. The minimum atomic E-state index is -4.41. The number of ether oxygens (including phenoxy) is 1. The lowest BCUT2D eigenvalue weighted by Crippen LogP contribution is -2.19. The summed E-state index contributed by atoms with van der Waals surface area (Å²) in [6.07, 6.45) is -6.15. The van der Waals surface area contributed by atoms with Crippen molar-refractivity contribution in [3.05, 3.63) is 23.5 Å². The highest BCUT2D eigenvalue weighted by Gasteiger charge is 2.27. The Morgan fingerprint density at radius 1 is 1.29 bits per heavy atom. The zero-order chi connectivity index (χ0) is 16.3. The fourth-order valence-corrected chi connectivity index (χ4v) is 2.78. The summed E-state index contributed by atoms with van der Waals surface area (Å²) in [6, 6.07) is 2.22. The van der Waals surface area contributed by atoms with Gasteiger partial charge in [-0.25, -0.2) is 12.8 Å². The Hall–Kier alpha value is -1.51. The molecule has 1 rings (SSSR count). The van der Waals surface area contributed by atoms with Crippen LogP contribution in [0.1, 0.15) is 18.4 Å². The predicted molar refractivity (Wildman–Crippen MR) is 70.4 cm³/mol. The number of nitrogens with one attached hydrogen (secondary N) is 1. The number of sulfonamides is 1. The number of halogens is 4. The Balaban J connectivity index is 2.78. The van der Waals surface area contributed by atoms with Gasteiger partial charge in [-0.15, -0.1) is 0 Å². The molecule has 0 amide bonds. The molecule has 0 fully saturated rings. The second-order valence-corrected chi connectivity index (χ2v) is 6.28. The highest BCUT2D eigenvalue weighted by molar-refractivity contribution is 7.92. The Morgan fingerprint density at radius 3 is 2.43 bits per heavy atom. The highest BCUT2D eigenvalue weighted by Crippen LogP contribution is 2.26. The first-order valence-electron chi connectivity index (χ1n) is 5.95. The van der Waals surface area contributed by atoms with Gasteiger partial charge < -0.3 is 4.74 Å². The Labute approximate surface area is 120 Å². The molecule has 0 saturated heterocycles. The van der Waals surface area contributed by atoms with Crippen LogP contribution < -0.4 is 9.46 Å². The summed E-state index contributed by atoms with van der Waals surface area (Å²) in [4.78, 5) is 0. The molecule has 0 aliphatic heterocycles. The molecule has 21 heavy (non-hydrogen) atoms. The highest BCUT2D eigenvalue weighted by atomic mass is 32.2. The third-order valence-electron chi connectivity index (χ3n) is 2.64. The maximum Gasteiger partial charge on any atom is 0.389 e. The zero-order valence-electron chi connectivity index (χ0n) is 11.4. The van der Waals surface area contributed by atoms with E-state index in [-0.39, 0.29) is 11.4 Å². The molecule has 0 saturated carbocycles. The van der Waals surface area contributed by atoms with Crippen molar-refractivity contribution in [1.82, 2.24) is 0 Å².